The second-order valence-electron chi connectivity index (χ2n) is 5.30. The van der Waals surface area contributed by atoms with Gasteiger partial charge in [-0.3, -0.25) is 4.79 Å². The van der Waals surface area contributed by atoms with Gasteiger partial charge in [-0.2, -0.15) is 0 Å². The lowest BCUT2D eigenvalue weighted by molar-refractivity contribution is 0.0902. The zero-order valence-electron chi connectivity index (χ0n) is 10.4. The first-order valence-corrected chi connectivity index (χ1v) is 5.37. The first-order chi connectivity index (χ1) is 7.23. The monoisotopic (exact) mass is 225 g/mol. The van der Waals surface area contributed by atoms with Crippen LogP contribution in [0.4, 0.5) is 0 Å². The SMILES string of the molecule is CC(C)[C@H](N)C(=O)c1nnc(C(C)(C)C)o1. The first-order valence-electron chi connectivity index (χ1n) is 5.37. The van der Waals surface area contributed by atoms with E-state index in [0.717, 1.165) is 0 Å². The Labute approximate surface area is 95.4 Å². The van der Waals surface area contributed by atoms with Gasteiger partial charge in [-0.25, -0.2) is 0 Å². The summed E-state index contributed by atoms with van der Waals surface area (Å²) in [7, 11) is 0. The summed E-state index contributed by atoms with van der Waals surface area (Å²) in [5.74, 6) is 0.216. The Hall–Kier alpha value is -1.23. The fourth-order valence-corrected chi connectivity index (χ4v) is 1.07. The van der Waals surface area contributed by atoms with E-state index in [4.69, 9.17) is 10.2 Å². The maximum Gasteiger partial charge on any atom is 0.285 e. The van der Waals surface area contributed by atoms with Crippen molar-refractivity contribution in [3.05, 3.63) is 11.8 Å². The molecule has 16 heavy (non-hydrogen) atoms. The second kappa shape index (κ2) is 4.33. The van der Waals surface area contributed by atoms with Crippen molar-refractivity contribution < 1.29 is 9.21 Å². The van der Waals surface area contributed by atoms with Crippen molar-refractivity contribution in [1.82, 2.24) is 10.2 Å². The van der Waals surface area contributed by atoms with Crippen LogP contribution in [0.5, 0.6) is 0 Å². The lowest BCUT2D eigenvalue weighted by atomic mass is 9.97. The number of hydrogen-bond acceptors (Lipinski definition) is 5. The molecule has 1 atom stereocenters. The summed E-state index contributed by atoms with van der Waals surface area (Å²) in [4.78, 5) is 11.8. The van der Waals surface area contributed by atoms with Crippen LogP contribution in [-0.2, 0) is 5.41 Å². The Morgan fingerprint density at radius 1 is 1.31 bits per heavy atom. The van der Waals surface area contributed by atoms with Crippen LogP contribution in [0.15, 0.2) is 4.42 Å². The molecule has 0 spiro atoms. The van der Waals surface area contributed by atoms with E-state index in [9.17, 15) is 4.79 Å². The third kappa shape index (κ3) is 2.66. The minimum absolute atomic E-state index is 0.00567. The van der Waals surface area contributed by atoms with Crippen molar-refractivity contribution in [3.63, 3.8) is 0 Å². The van der Waals surface area contributed by atoms with Crippen molar-refractivity contribution in [2.24, 2.45) is 11.7 Å². The van der Waals surface area contributed by atoms with Gasteiger partial charge in [0.05, 0.1) is 6.04 Å². The Morgan fingerprint density at radius 2 is 1.88 bits per heavy atom. The molecule has 0 aliphatic carbocycles. The van der Waals surface area contributed by atoms with Gasteiger partial charge in [0.25, 0.3) is 5.89 Å². The quantitative estimate of drug-likeness (QED) is 0.789. The number of Topliss-reactive ketones (excluding diaryl/α,β-unsaturated/α-hetero) is 1. The summed E-state index contributed by atoms with van der Waals surface area (Å²) in [5, 5.41) is 7.60. The highest BCUT2D eigenvalue weighted by Crippen LogP contribution is 2.20. The van der Waals surface area contributed by atoms with E-state index in [1.165, 1.54) is 0 Å². The molecule has 1 aromatic rings. The van der Waals surface area contributed by atoms with Gasteiger partial charge < -0.3 is 10.2 Å². The summed E-state index contributed by atoms with van der Waals surface area (Å²) < 4.78 is 5.33. The Morgan fingerprint density at radius 3 is 2.25 bits per heavy atom. The molecule has 5 nitrogen and oxygen atoms in total. The van der Waals surface area contributed by atoms with Gasteiger partial charge in [0.1, 0.15) is 0 Å². The van der Waals surface area contributed by atoms with Gasteiger partial charge in [-0.05, 0) is 5.92 Å². The smallest absolute Gasteiger partial charge is 0.285 e. The van der Waals surface area contributed by atoms with Crippen molar-refractivity contribution in [2.45, 2.75) is 46.1 Å². The van der Waals surface area contributed by atoms with Crippen LogP contribution in [-0.4, -0.2) is 22.0 Å². The minimum atomic E-state index is -0.590. The molecule has 1 heterocycles. The number of nitrogens with zero attached hydrogens (tertiary/aromatic N) is 2. The molecule has 0 amide bonds. The van der Waals surface area contributed by atoms with Gasteiger partial charge >= 0.3 is 0 Å². The third-order valence-electron chi connectivity index (χ3n) is 2.30. The number of ketones is 1. The lowest BCUT2D eigenvalue weighted by Gasteiger charge is -2.12. The van der Waals surface area contributed by atoms with E-state index in [-0.39, 0.29) is 23.0 Å². The van der Waals surface area contributed by atoms with Crippen LogP contribution in [0.25, 0.3) is 0 Å². The number of carbonyl (C=O) groups excluding carboxylic acids is 1. The van der Waals surface area contributed by atoms with Crippen LogP contribution >= 0.6 is 0 Å². The van der Waals surface area contributed by atoms with Crippen LogP contribution < -0.4 is 5.73 Å². The van der Waals surface area contributed by atoms with Crippen molar-refractivity contribution >= 4 is 5.78 Å². The van der Waals surface area contributed by atoms with Crippen LogP contribution in [0.3, 0.4) is 0 Å². The van der Waals surface area contributed by atoms with E-state index in [1.54, 1.807) is 0 Å². The highest BCUT2D eigenvalue weighted by atomic mass is 16.4. The molecule has 0 fully saturated rings. The molecule has 0 radical (unpaired) electrons. The maximum absolute atomic E-state index is 11.8. The van der Waals surface area contributed by atoms with Gasteiger partial charge in [0.15, 0.2) is 0 Å². The molecule has 0 saturated heterocycles. The highest BCUT2D eigenvalue weighted by Gasteiger charge is 2.27. The Kier molecular flexibility index (Phi) is 3.48. The number of rotatable bonds is 3. The number of aromatic nitrogens is 2. The Balaban J connectivity index is 2.91. The standard InChI is InChI=1S/C11H19N3O2/c1-6(2)7(12)8(15)9-13-14-10(16-9)11(3,4)5/h6-7H,12H2,1-5H3/t7-/m0/s1. The van der Waals surface area contributed by atoms with E-state index < -0.39 is 6.04 Å². The third-order valence-corrected chi connectivity index (χ3v) is 2.30. The van der Waals surface area contributed by atoms with E-state index in [0.29, 0.717) is 5.89 Å². The summed E-state index contributed by atoms with van der Waals surface area (Å²) in [6, 6.07) is -0.590. The van der Waals surface area contributed by atoms with Crippen LogP contribution in [0, 0.1) is 5.92 Å². The topological polar surface area (TPSA) is 82.0 Å². The maximum atomic E-state index is 11.8. The average molecular weight is 225 g/mol. The lowest BCUT2D eigenvalue weighted by Crippen LogP contribution is -2.35. The van der Waals surface area contributed by atoms with Crippen molar-refractivity contribution in [2.75, 3.05) is 0 Å². The summed E-state index contributed by atoms with van der Waals surface area (Å²) in [5.41, 5.74) is 5.48. The number of hydrogen-bond donors (Lipinski definition) is 1. The molecule has 0 aliphatic rings. The minimum Gasteiger partial charge on any atom is -0.418 e. The highest BCUT2D eigenvalue weighted by molar-refractivity contribution is 5.96. The van der Waals surface area contributed by atoms with E-state index in [1.807, 2.05) is 34.6 Å². The van der Waals surface area contributed by atoms with Gasteiger partial charge in [-0.15, -0.1) is 10.2 Å². The molecular weight excluding hydrogens is 206 g/mol. The first kappa shape index (κ1) is 12.8. The van der Waals surface area contributed by atoms with Crippen molar-refractivity contribution in [3.8, 4) is 0 Å². The second-order valence-corrected chi connectivity index (χ2v) is 5.30. The molecule has 5 heteroatoms. The average Bonchev–Trinajstić information content (AvgIpc) is 2.63. The van der Waals surface area contributed by atoms with Gasteiger partial charge in [0, 0.05) is 5.41 Å². The number of carbonyl (C=O) groups is 1. The molecular formula is C11H19N3O2. The largest absolute Gasteiger partial charge is 0.418 e. The van der Waals surface area contributed by atoms with Crippen LogP contribution in [0.2, 0.25) is 0 Å². The fourth-order valence-electron chi connectivity index (χ4n) is 1.07. The zero-order chi connectivity index (χ0) is 12.5. The molecule has 1 aromatic heterocycles. The predicted molar refractivity (Wildman–Crippen MR) is 60.1 cm³/mol. The van der Waals surface area contributed by atoms with Gasteiger partial charge in [-0.1, -0.05) is 34.6 Å². The van der Waals surface area contributed by atoms with Crippen molar-refractivity contribution in [1.29, 1.82) is 0 Å². The van der Waals surface area contributed by atoms with Crippen LogP contribution in [0.1, 0.15) is 51.2 Å². The molecule has 0 unspecified atom stereocenters. The molecule has 0 aliphatic heterocycles. The summed E-state index contributed by atoms with van der Waals surface area (Å²) in [6.07, 6.45) is 0. The summed E-state index contributed by atoms with van der Waals surface area (Å²) in [6.45, 7) is 9.58. The molecule has 2 N–H and O–H groups in total. The Bertz CT molecular complexity index is 377. The van der Waals surface area contributed by atoms with Gasteiger partial charge in [0.2, 0.25) is 11.7 Å². The molecule has 0 saturated carbocycles. The molecule has 0 bridgehead atoms. The molecule has 90 valence electrons. The fraction of sp³-hybridized carbons (Fsp3) is 0.727. The predicted octanol–water partition coefficient (Wildman–Crippen LogP) is 1.53. The summed E-state index contributed by atoms with van der Waals surface area (Å²) >= 11 is 0. The zero-order valence-corrected chi connectivity index (χ0v) is 10.4. The van der Waals surface area contributed by atoms with E-state index >= 15 is 0 Å². The normalized spacial score (nSPS) is 14.2. The van der Waals surface area contributed by atoms with E-state index in [2.05, 4.69) is 10.2 Å². The molecule has 1 rings (SSSR count). The molecule has 0 aromatic carbocycles. The number of nitrogens with two attached hydrogens (primary N) is 1.